The van der Waals surface area contributed by atoms with Gasteiger partial charge in [0.25, 0.3) is 0 Å². The molecule has 0 bridgehead atoms. The highest BCUT2D eigenvalue weighted by Crippen LogP contribution is 2.30. The Morgan fingerprint density at radius 3 is 2.83 bits per heavy atom. The third-order valence-electron chi connectivity index (χ3n) is 2.87. The number of ether oxygens (including phenoxy) is 2. The van der Waals surface area contributed by atoms with Crippen LogP contribution in [0.4, 0.5) is 4.39 Å². The third kappa shape index (κ3) is 2.98. The van der Waals surface area contributed by atoms with Crippen molar-refractivity contribution in [1.29, 1.82) is 0 Å². The van der Waals surface area contributed by atoms with E-state index in [0.29, 0.717) is 12.5 Å². The predicted molar refractivity (Wildman–Crippen MR) is 61.6 cm³/mol. The number of hydrogen-bond donors (Lipinski definition) is 1. The molecule has 1 saturated carbocycles. The summed E-state index contributed by atoms with van der Waals surface area (Å²) in [5.41, 5.74) is 0.151. The first kappa shape index (κ1) is 12.8. The zero-order valence-corrected chi connectivity index (χ0v) is 10.1. The smallest absolute Gasteiger partial charge is 0.339 e. The van der Waals surface area contributed by atoms with Crippen LogP contribution in [0.5, 0.6) is 5.75 Å². The predicted octanol–water partition coefficient (Wildman–Crippen LogP) is 1.82. The molecule has 0 radical (unpaired) electrons. The number of benzene rings is 1. The summed E-state index contributed by atoms with van der Waals surface area (Å²) in [7, 11) is 1.16. The van der Waals surface area contributed by atoms with Crippen LogP contribution >= 0.6 is 0 Å². The highest BCUT2D eigenvalue weighted by Gasteiger charge is 2.23. The molecule has 0 saturated heterocycles. The Balaban J connectivity index is 2.05. The largest absolute Gasteiger partial charge is 0.490 e. The Morgan fingerprint density at radius 2 is 2.28 bits per heavy atom. The van der Waals surface area contributed by atoms with Crippen molar-refractivity contribution in [3.63, 3.8) is 0 Å². The normalized spacial score (nSPS) is 16.2. The van der Waals surface area contributed by atoms with Gasteiger partial charge in [0.1, 0.15) is 0 Å². The lowest BCUT2D eigenvalue weighted by atomic mass is 10.1. The Hall–Kier alpha value is -1.62. The first-order valence-electron chi connectivity index (χ1n) is 5.80. The van der Waals surface area contributed by atoms with Gasteiger partial charge in [0.2, 0.25) is 0 Å². The first-order chi connectivity index (χ1) is 8.61. The highest BCUT2D eigenvalue weighted by atomic mass is 19.1. The molecule has 18 heavy (non-hydrogen) atoms. The molecular weight excluding hydrogens is 239 g/mol. The van der Waals surface area contributed by atoms with Crippen molar-refractivity contribution in [2.75, 3.05) is 13.7 Å². The van der Waals surface area contributed by atoms with E-state index >= 15 is 0 Å². The summed E-state index contributed by atoms with van der Waals surface area (Å²) in [5.74, 6) is -0.732. The van der Waals surface area contributed by atoms with Crippen molar-refractivity contribution in [3.05, 3.63) is 29.6 Å². The molecule has 0 heterocycles. The molecule has 0 aromatic heterocycles. The number of halogens is 1. The molecule has 4 nitrogen and oxygen atoms in total. The van der Waals surface area contributed by atoms with E-state index in [1.165, 1.54) is 12.1 Å². The highest BCUT2D eigenvalue weighted by molar-refractivity contribution is 5.76. The van der Waals surface area contributed by atoms with E-state index in [1.807, 2.05) is 0 Å². The van der Waals surface area contributed by atoms with Crippen LogP contribution < -0.4 is 4.74 Å². The molecule has 1 aromatic rings. The van der Waals surface area contributed by atoms with E-state index in [9.17, 15) is 14.3 Å². The van der Waals surface area contributed by atoms with Crippen LogP contribution in [0.3, 0.4) is 0 Å². The molecule has 0 spiro atoms. The zero-order valence-electron chi connectivity index (χ0n) is 10.1. The van der Waals surface area contributed by atoms with Gasteiger partial charge in [-0.1, -0.05) is 6.07 Å². The Bertz CT molecular complexity index is 443. The summed E-state index contributed by atoms with van der Waals surface area (Å²) in [4.78, 5) is 11.1. The van der Waals surface area contributed by atoms with Crippen LogP contribution in [-0.2, 0) is 9.53 Å². The number of aliphatic hydroxyl groups is 1. The van der Waals surface area contributed by atoms with E-state index in [0.717, 1.165) is 26.0 Å². The second-order valence-electron chi connectivity index (χ2n) is 4.37. The zero-order chi connectivity index (χ0) is 13.1. The fraction of sp³-hybridized carbons (Fsp3) is 0.462. The number of rotatable bonds is 5. The number of carbonyl (C=O) groups is 1. The number of hydrogen-bond acceptors (Lipinski definition) is 4. The second kappa shape index (κ2) is 5.35. The maximum absolute atomic E-state index is 13.7. The second-order valence-corrected chi connectivity index (χ2v) is 4.37. The van der Waals surface area contributed by atoms with E-state index < -0.39 is 17.9 Å². The Labute approximate surface area is 104 Å². The molecule has 1 N–H and O–H groups in total. The fourth-order valence-corrected chi connectivity index (χ4v) is 1.54. The SMILES string of the molecule is COC(=O)C(O)c1ccc(OCC2CC2)c(F)c1. The van der Waals surface area contributed by atoms with Gasteiger partial charge >= 0.3 is 5.97 Å². The van der Waals surface area contributed by atoms with Crippen LogP contribution in [0, 0.1) is 11.7 Å². The van der Waals surface area contributed by atoms with Crippen molar-refractivity contribution in [3.8, 4) is 5.75 Å². The Morgan fingerprint density at radius 1 is 1.56 bits per heavy atom. The van der Waals surface area contributed by atoms with E-state index in [4.69, 9.17) is 4.74 Å². The monoisotopic (exact) mass is 254 g/mol. The molecule has 0 aliphatic heterocycles. The first-order valence-corrected chi connectivity index (χ1v) is 5.80. The van der Waals surface area contributed by atoms with Crippen LogP contribution in [0.15, 0.2) is 18.2 Å². The minimum Gasteiger partial charge on any atom is -0.490 e. The summed E-state index contributed by atoms with van der Waals surface area (Å²) >= 11 is 0. The minimum atomic E-state index is -1.47. The van der Waals surface area contributed by atoms with Gasteiger partial charge in [0, 0.05) is 0 Å². The van der Waals surface area contributed by atoms with Crippen molar-refractivity contribution in [2.45, 2.75) is 18.9 Å². The van der Waals surface area contributed by atoms with E-state index in [1.54, 1.807) is 0 Å². The third-order valence-corrected chi connectivity index (χ3v) is 2.87. The topological polar surface area (TPSA) is 55.8 Å². The molecule has 1 unspecified atom stereocenters. The van der Waals surface area contributed by atoms with Gasteiger partial charge < -0.3 is 14.6 Å². The number of aliphatic hydroxyl groups excluding tert-OH is 1. The van der Waals surface area contributed by atoms with E-state index in [2.05, 4.69) is 4.74 Å². The molecule has 1 fully saturated rings. The molecule has 1 atom stereocenters. The lowest BCUT2D eigenvalue weighted by molar-refractivity contribution is -0.150. The maximum atomic E-state index is 13.7. The number of carbonyl (C=O) groups excluding carboxylic acids is 1. The van der Waals surface area contributed by atoms with Crippen molar-refractivity contribution < 1.29 is 23.8 Å². The molecule has 1 aliphatic rings. The standard InChI is InChI=1S/C13H15FO4/c1-17-13(16)12(15)9-4-5-11(10(14)6-9)18-7-8-2-3-8/h4-6,8,12,15H,2-3,7H2,1H3. The van der Waals surface area contributed by atoms with Crippen LogP contribution in [-0.4, -0.2) is 24.8 Å². The van der Waals surface area contributed by atoms with Crippen LogP contribution in [0.25, 0.3) is 0 Å². The quantitative estimate of drug-likeness (QED) is 0.814. The Kier molecular flexibility index (Phi) is 3.81. The van der Waals surface area contributed by atoms with Gasteiger partial charge in [0.15, 0.2) is 17.7 Å². The average Bonchev–Trinajstić information content (AvgIpc) is 3.19. The fourth-order valence-electron chi connectivity index (χ4n) is 1.54. The van der Waals surface area contributed by atoms with Gasteiger partial charge in [-0.3, -0.25) is 0 Å². The van der Waals surface area contributed by atoms with E-state index in [-0.39, 0.29) is 11.3 Å². The van der Waals surface area contributed by atoms with Crippen LogP contribution in [0.2, 0.25) is 0 Å². The molecule has 5 heteroatoms. The summed E-state index contributed by atoms with van der Waals surface area (Å²) in [5, 5.41) is 9.55. The van der Waals surface area contributed by atoms with Crippen molar-refractivity contribution >= 4 is 5.97 Å². The average molecular weight is 254 g/mol. The minimum absolute atomic E-state index is 0.141. The van der Waals surface area contributed by atoms with Crippen molar-refractivity contribution in [1.82, 2.24) is 0 Å². The van der Waals surface area contributed by atoms with Gasteiger partial charge in [-0.15, -0.1) is 0 Å². The summed E-state index contributed by atoms with van der Waals surface area (Å²) in [6.07, 6.45) is 0.781. The number of esters is 1. The number of methoxy groups -OCH3 is 1. The lowest BCUT2D eigenvalue weighted by Gasteiger charge is -2.11. The van der Waals surface area contributed by atoms with Gasteiger partial charge in [0.05, 0.1) is 13.7 Å². The molecule has 1 aliphatic carbocycles. The lowest BCUT2D eigenvalue weighted by Crippen LogP contribution is -2.13. The molecule has 0 amide bonds. The maximum Gasteiger partial charge on any atom is 0.339 e. The molecule has 1 aromatic carbocycles. The molecular formula is C13H15FO4. The van der Waals surface area contributed by atoms with Gasteiger partial charge in [-0.25, -0.2) is 9.18 Å². The van der Waals surface area contributed by atoms with Crippen molar-refractivity contribution in [2.24, 2.45) is 5.92 Å². The molecule has 98 valence electrons. The summed E-state index contributed by atoms with van der Waals surface area (Å²) in [6, 6.07) is 3.95. The van der Waals surface area contributed by atoms with Gasteiger partial charge in [-0.05, 0) is 36.5 Å². The summed E-state index contributed by atoms with van der Waals surface area (Å²) in [6.45, 7) is 0.510. The van der Waals surface area contributed by atoms with Gasteiger partial charge in [-0.2, -0.15) is 0 Å². The van der Waals surface area contributed by atoms with Crippen LogP contribution in [0.1, 0.15) is 24.5 Å². The summed E-state index contributed by atoms with van der Waals surface area (Å²) < 4.78 is 23.4. The molecule has 2 rings (SSSR count).